The quantitative estimate of drug-likeness (QED) is 0.723. The van der Waals surface area contributed by atoms with Crippen molar-refractivity contribution in [1.82, 2.24) is 9.13 Å². The molecule has 1 aromatic rings. The molecule has 21 heavy (non-hydrogen) atoms. The fourth-order valence-corrected chi connectivity index (χ4v) is 2.55. The van der Waals surface area contributed by atoms with Crippen LogP contribution in [0.5, 0.6) is 0 Å². The smallest absolute Gasteiger partial charge is 0.300 e. The van der Waals surface area contributed by atoms with Crippen molar-refractivity contribution in [3.63, 3.8) is 0 Å². The molecule has 0 saturated heterocycles. The van der Waals surface area contributed by atoms with E-state index in [2.05, 4.69) is 6.92 Å². The molecule has 0 N–H and O–H groups in total. The normalized spacial score (nSPS) is 11.9. The van der Waals surface area contributed by atoms with Crippen molar-refractivity contribution < 1.29 is 0 Å². The van der Waals surface area contributed by atoms with Crippen molar-refractivity contribution >= 4 is 0 Å². The number of aromatic nitrogens is 2. The summed E-state index contributed by atoms with van der Waals surface area (Å²) in [4.78, 5) is 24.7. The van der Waals surface area contributed by atoms with E-state index in [9.17, 15) is 9.59 Å². The van der Waals surface area contributed by atoms with Crippen LogP contribution in [0.1, 0.15) is 71.8 Å². The molecule has 0 radical (unpaired) electrons. The molecule has 0 spiro atoms. The third-order valence-electron chi connectivity index (χ3n) is 3.75. The zero-order valence-electron chi connectivity index (χ0n) is 14.2. The van der Waals surface area contributed by atoms with Gasteiger partial charge in [0, 0.05) is 23.8 Å². The van der Waals surface area contributed by atoms with E-state index in [-0.39, 0.29) is 11.2 Å². The van der Waals surface area contributed by atoms with Gasteiger partial charge in [0.25, 0.3) is 5.56 Å². The largest absolute Gasteiger partial charge is 0.331 e. The Balaban J connectivity index is 2.83. The SMILES string of the molecule is CCCCCCCCn1cc(C)c(=O)n(C(C)(C)C)c1=O. The molecule has 0 unspecified atom stereocenters. The van der Waals surface area contributed by atoms with Crippen LogP contribution < -0.4 is 11.2 Å². The summed E-state index contributed by atoms with van der Waals surface area (Å²) in [6.45, 7) is 10.4. The Bertz CT molecular complexity index is 562. The Hall–Kier alpha value is -1.32. The topological polar surface area (TPSA) is 44.0 Å². The molecule has 0 atom stereocenters. The lowest BCUT2D eigenvalue weighted by Gasteiger charge is -2.23. The molecule has 0 saturated carbocycles. The van der Waals surface area contributed by atoms with Crippen LogP contribution in [0.3, 0.4) is 0 Å². The van der Waals surface area contributed by atoms with Crippen LogP contribution in [0.2, 0.25) is 0 Å². The molecule has 1 heterocycles. The van der Waals surface area contributed by atoms with Crippen LogP contribution in [-0.4, -0.2) is 9.13 Å². The molecule has 0 aliphatic rings. The van der Waals surface area contributed by atoms with Crippen LogP contribution in [-0.2, 0) is 12.1 Å². The Labute approximate surface area is 127 Å². The second kappa shape index (κ2) is 7.62. The molecule has 1 aromatic heterocycles. The third-order valence-corrected chi connectivity index (χ3v) is 3.75. The lowest BCUT2D eigenvalue weighted by molar-refractivity contribution is 0.349. The number of nitrogens with zero attached hydrogens (tertiary/aromatic N) is 2. The van der Waals surface area contributed by atoms with Gasteiger partial charge >= 0.3 is 5.69 Å². The van der Waals surface area contributed by atoms with Gasteiger partial charge in [0.1, 0.15) is 0 Å². The van der Waals surface area contributed by atoms with Crippen molar-refractivity contribution in [2.24, 2.45) is 0 Å². The van der Waals surface area contributed by atoms with Crippen LogP contribution in [0.4, 0.5) is 0 Å². The highest BCUT2D eigenvalue weighted by Crippen LogP contribution is 2.09. The van der Waals surface area contributed by atoms with Gasteiger partial charge in [-0.1, -0.05) is 39.0 Å². The van der Waals surface area contributed by atoms with Gasteiger partial charge in [-0.2, -0.15) is 0 Å². The van der Waals surface area contributed by atoms with Crippen molar-refractivity contribution in [1.29, 1.82) is 0 Å². The molecule has 4 nitrogen and oxygen atoms in total. The highest BCUT2D eigenvalue weighted by Gasteiger charge is 2.20. The summed E-state index contributed by atoms with van der Waals surface area (Å²) in [5.41, 5.74) is -0.211. The van der Waals surface area contributed by atoms with Crippen molar-refractivity contribution in [2.75, 3.05) is 0 Å². The molecule has 0 aromatic carbocycles. The molecular weight excluding hydrogens is 264 g/mol. The second-order valence-corrected chi connectivity index (χ2v) is 6.87. The minimum absolute atomic E-state index is 0.174. The van der Waals surface area contributed by atoms with Gasteiger partial charge in [-0.25, -0.2) is 4.79 Å². The lowest BCUT2D eigenvalue weighted by atomic mass is 10.1. The van der Waals surface area contributed by atoms with Crippen molar-refractivity contribution in [3.8, 4) is 0 Å². The summed E-state index contributed by atoms with van der Waals surface area (Å²) in [7, 11) is 0. The highest BCUT2D eigenvalue weighted by molar-refractivity contribution is 5.04. The maximum absolute atomic E-state index is 12.5. The van der Waals surface area contributed by atoms with E-state index < -0.39 is 5.54 Å². The first-order chi connectivity index (χ1) is 9.79. The summed E-state index contributed by atoms with van der Waals surface area (Å²) in [5.74, 6) is 0. The number of unbranched alkanes of at least 4 members (excludes halogenated alkanes) is 5. The first kappa shape index (κ1) is 17.7. The summed E-state index contributed by atoms with van der Waals surface area (Å²) >= 11 is 0. The number of hydrogen-bond acceptors (Lipinski definition) is 2. The summed E-state index contributed by atoms with van der Waals surface area (Å²) < 4.78 is 3.07. The van der Waals surface area contributed by atoms with Gasteiger partial charge in [-0.05, 0) is 34.1 Å². The van der Waals surface area contributed by atoms with E-state index in [4.69, 9.17) is 0 Å². The average molecular weight is 294 g/mol. The molecule has 1 rings (SSSR count). The number of aryl methyl sites for hydroxylation is 2. The van der Waals surface area contributed by atoms with Gasteiger partial charge in [0.2, 0.25) is 0 Å². The van der Waals surface area contributed by atoms with Crippen LogP contribution >= 0.6 is 0 Å². The molecule has 0 bridgehead atoms. The van der Waals surface area contributed by atoms with Crippen LogP contribution in [0, 0.1) is 6.92 Å². The maximum Gasteiger partial charge on any atom is 0.331 e. The zero-order chi connectivity index (χ0) is 16.0. The maximum atomic E-state index is 12.5. The standard InChI is InChI=1S/C17H30N2O2/c1-6-7-8-9-10-11-12-18-13-14(2)15(20)19(16(18)21)17(3,4)5/h13H,6-12H2,1-5H3. The second-order valence-electron chi connectivity index (χ2n) is 6.87. The lowest BCUT2D eigenvalue weighted by Crippen LogP contribution is -2.48. The molecular formula is C17H30N2O2. The number of rotatable bonds is 7. The average Bonchev–Trinajstić information content (AvgIpc) is 2.38. The highest BCUT2D eigenvalue weighted by atomic mass is 16.2. The van der Waals surface area contributed by atoms with Crippen LogP contribution in [0.25, 0.3) is 0 Å². The predicted octanol–water partition coefficient (Wildman–Crippen LogP) is 3.43. The summed E-state index contributed by atoms with van der Waals surface area (Å²) in [6.07, 6.45) is 8.86. The Morgan fingerprint density at radius 1 is 1.00 bits per heavy atom. The fourth-order valence-electron chi connectivity index (χ4n) is 2.55. The van der Waals surface area contributed by atoms with Gasteiger partial charge < -0.3 is 4.57 Å². The van der Waals surface area contributed by atoms with Gasteiger partial charge in [0.15, 0.2) is 0 Å². The van der Waals surface area contributed by atoms with E-state index >= 15 is 0 Å². The van der Waals surface area contributed by atoms with Gasteiger partial charge in [-0.15, -0.1) is 0 Å². The first-order valence-electron chi connectivity index (χ1n) is 8.12. The van der Waals surface area contributed by atoms with Crippen LogP contribution in [0.15, 0.2) is 15.8 Å². The Morgan fingerprint density at radius 2 is 1.57 bits per heavy atom. The van der Waals surface area contributed by atoms with Crippen molar-refractivity contribution in [3.05, 3.63) is 32.6 Å². The van der Waals surface area contributed by atoms with E-state index in [1.165, 1.54) is 30.3 Å². The summed E-state index contributed by atoms with van der Waals surface area (Å²) in [5, 5.41) is 0. The monoisotopic (exact) mass is 294 g/mol. The minimum atomic E-state index is -0.483. The molecule has 0 fully saturated rings. The minimum Gasteiger partial charge on any atom is -0.300 e. The van der Waals surface area contributed by atoms with Crippen molar-refractivity contribution in [2.45, 2.75) is 85.2 Å². The molecule has 0 amide bonds. The molecule has 4 heteroatoms. The first-order valence-corrected chi connectivity index (χ1v) is 8.12. The fraction of sp³-hybridized carbons (Fsp3) is 0.765. The van der Waals surface area contributed by atoms with Gasteiger partial charge in [-0.3, -0.25) is 9.36 Å². The van der Waals surface area contributed by atoms with E-state index in [0.29, 0.717) is 12.1 Å². The number of hydrogen-bond donors (Lipinski definition) is 0. The Kier molecular flexibility index (Phi) is 6.43. The zero-order valence-corrected chi connectivity index (χ0v) is 14.2. The Morgan fingerprint density at radius 3 is 2.14 bits per heavy atom. The van der Waals surface area contributed by atoms with E-state index in [0.717, 1.165) is 12.8 Å². The summed E-state index contributed by atoms with van der Waals surface area (Å²) in [6, 6.07) is 0. The predicted molar refractivity (Wildman–Crippen MR) is 88.1 cm³/mol. The molecule has 120 valence electrons. The van der Waals surface area contributed by atoms with Gasteiger partial charge in [0.05, 0.1) is 0 Å². The van der Waals surface area contributed by atoms with E-state index in [1.807, 2.05) is 20.8 Å². The molecule has 0 aliphatic heterocycles. The third kappa shape index (κ3) is 4.87. The van der Waals surface area contributed by atoms with E-state index in [1.54, 1.807) is 17.7 Å². The molecule has 0 aliphatic carbocycles.